The first-order valence-corrected chi connectivity index (χ1v) is 8.12. The number of nitrogens with one attached hydrogen (secondary N) is 1. The molecular formula is C13H17BrF3NS. The van der Waals surface area contributed by atoms with Crippen LogP contribution in [0, 0.1) is 11.8 Å². The van der Waals surface area contributed by atoms with Gasteiger partial charge in [0.25, 0.3) is 0 Å². The molecule has 0 amide bonds. The molecule has 108 valence electrons. The molecule has 1 aliphatic rings. The van der Waals surface area contributed by atoms with Gasteiger partial charge in [-0.05, 0) is 65.5 Å². The highest BCUT2D eigenvalue weighted by atomic mass is 79.9. The molecule has 1 N–H and O–H groups in total. The van der Waals surface area contributed by atoms with E-state index in [0.29, 0.717) is 12.8 Å². The van der Waals surface area contributed by atoms with E-state index in [4.69, 9.17) is 0 Å². The maximum Gasteiger partial charge on any atom is 0.391 e. The third-order valence-electron chi connectivity index (χ3n) is 3.99. The van der Waals surface area contributed by atoms with Crippen LogP contribution in [-0.2, 0) is 0 Å². The first-order valence-electron chi connectivity index (χ1n) is 6.39. The third kappa shape index (κ3) is 3.52. The molecular weight excluding hydrogens is 339 g/mol. The molecule has 1 atom stereocenters. The van der Waals surface area contributed by atoms with Gasteiger partial charge in [0, 0.05) is 15.9 Å². The predicted molar refractivity (Wildman–Crippen MR) is 75.3 cm³/mol. The number of halogens is 4. The highest BCUT2D eigenvalue weighted by Crippen LogP contribution is 2.44. The molecule has 6 heteroatoms. The maximum atomic E-state index is 12.7. The van der Waals surface area contributed by atoms with Crippen molar-refractivity contribution in [3.63, 3.8) is 0 Å². The summed E-state index contributed by atoms with van der Waals surface area (Å²) < 4.78 is 39.1. The number of alkyl halides is 3. The summed E-state index contributed by atoms with van der Waals surface area (Å²) in [5.41, 5.74) is 1.17. The molecule has 1 nitrogen and oxygen atoms in total. The van der Waals surface area contributed by atoms with Crippen molar-refractivity contribution in [1.82, 2.24) is 5.32 Å². The fourth-order valence-electron chi connectivity index (χ4n) is 2.94. The van der Waals surface area contributed by atoms with E-state index in [1.54, 1.807) is 11.3 Å². The molecule has 1 heterocycles. The Hall–Kier alpha value is -0.0700. The van der Waals surface area contributed by atoms with Gasteiger partial charge in [0.1, 0.15) is 0 Å². The topological polar surface area (TPSA) is 12.0 Å². The molecule has 1 aromatic heterocycles. The van der Waals surface area contributed by atoms with Gasteiger partial charge in [0.05, 0.1) is 5.92 Å². The highest BCUT2D eigenvalue weighted by Gasteiger charge is 2.42. The van der Waals surface area contributed by atoms with Crippen molar-refractivity contribution in [2.75, 3.05) is 7.05 Å². The van der Waals surface area contributed by atoms with Crippen LogP contribution in [0.4, 0.5) is 13.2 Å². The van der Waals surface area contributed by atoms with Crippen LogP contribution in [0.5, 0.6) is 0 Å². The lowest BCUT2D eigenvalue weighted by Gasteiger charge is -2.34. The first kappa shape index (κ1) is 15.3. The Bertz CT molecular complexity index is 410. The van der Waals surface area contributed by atoms with E-state index in [0.717, 1.165) is 4.47 Å². The minimum absolute atomic E-state index is 0.148. The molecule has 1 saturated carbocycles. The zero-order valence-corrected chi connectivity index (χ0v) is 13.0. The van der Waals surface area contributed by atoms with Gasteiger partial charge >= 0.3 is 6.18 Å². The lowest BCUT2D eigenvalue weighted by Crippen LogP contribution is -2.33. The summed E-state index contributed by atoms with van der Waals surface area (Å²) in [6, 6.07) is 0.148. The second-order valence-corrected chi connectivity index (χ2v) is 6.69. The SMILES string of the molecule is CNC(c1cscc1Br)C1CCC(C(F)(F)F)CC1. The van der Waals surface area contributed by atoms with Crippen molar-refractivity contribution in [3.05, 3.63) is 20.8 Å². The average Bonchev–Trinajstić information content (AvgIpc) is 2.76. The lowest BCUT2D eigenvalue weighted by atomic mass is 9.77. The van der Waals surface area contributed by atoms with E-state index in [2.05, 4.69) is 26.6 Å². The van der Waals surface area contributed by atoms with Crippen LogP contribution in [0.25, 0.3) is 0 Å². The molecule has 2 rings (SSSR count). The van der Waals surface area contributed by atoms with E-state index < -0.39 is 12.1 Å². The second kappa shape index (κ2) is 6.14. The summed E-state index contributed by atoms with van der Waals surface area (Å²) in [6.45, 7) is 0. The monoisotopic (exact) mass is 355 g/mol. The van der Waals surface area contributed by atoms with E-state index in [9.17, 15) is 13.2 Å². The molecule has 0 aromatic carbocycles. The highest BCUT2D eigenvalue weighted by molar-refractivity contribution is 9.10. The van der Waals surface area contributed by atoms with Gasteiger partial charge < -0.3 is 5.32 Å². The number of thiophene rings is 1. The summed E-state index contributed by atoms with van der Waals surface area (Å²) in [5, 5.41) is 7.35. The van der Waals surface area contributed by atoms with Crippen LogP contribution in [0.3, 0.4) is 0 Å². The Labute approximate surface area is 123 Å². The zero-order chi connectivity index (χ0) is 14.0. The van der Waals surface area contributed by atoms with Crippen molar-refractivity contribution < 1.29 is 13.2 Å². The van der Waals surface area contributed by atoms with Gasteiger partial charge in [-0.25, -0.2) is 0 Å². The van der Waals surface area contributed by atoms with Crippen molar-refractivity contribution in [2.45, 2.75) is 37.9 Å². The van der Waals surface area contributed by atoms with Gasteiger partial charge in [-0.3, -0.25) is 0 Å². The van der Waals surface area contributed by atoms with E-state index in [1.165, 1.54) is 5.56 Å². The summed E-state index contributed by atoms with van der Waals surface area (Å²) in [7, 11) is 1.88. The van der Waals surface area contributed by atoms with E-state index in [-0.39, 0.29) is 24.8 Å². The Morgan fingerprint density at radius 2 is 1.89 bits per heavy atom. The Balaban J connectivity index is 2.02. The fourth-order valence-corrected chi connectivity index (χ4v) is 4.52. The molecule has 1 unspecified atom stereocenters. The van der Waals surface area contributed by atoms with Crippen molar-refractivity contribution >= 4 is 27.3 Å². The Morgan fingerprint density at radius 3 is 2.32 bits per heavy atom. The van der Waals surface area contributed by atoms with Crippen LogP contribution in [-0.4, -0.2) is 13.2 Å². The van der Waals surface area contributed by atoms with Gasteiger partial charge in [-0.15, -0.1) is 0 Å². The summed E-state index contributed by atoms with van der Waals surface area (Å²) in [6.07, 6.45) is -2.23. The number of rotatable bonds is 3. The molecule has 0 aliphatic heterocycles. The smallest absolute Gasteiger partial charge is 0.313 e. The first-order chi connectivity index (χ1) is 8.93. The third-order valence-corrected chi connectivity index (χ3v) is 5.75. The van der Waals surface area contributed by atoms with Crippen molar-refractivity contribution in [3.8, 4) is 0 Å². The molecule has 0 bridgehead atoms. The van der Waals surface area contributed by atoms with E-state index in [1.807, 2.05) is 12.4 Å². The number of hydrogen-bond donors (Lipinski definition) is 1. The van der Waals surface area contributed by atoms with Gasteiger partial charge in [-0.2, -0.15) is 24.5 Å². The average molecular weight is 356 g/mol. The molecule has 19 heavy (non-hydrogen) atoms. The molecule has 0 spiro atoms. The van der Waals surface area contributed by atoms with Gasteiger partial charge in [0.2, 0.25) is 0 Å². The summed E-state index contributed by atoms with van der Waals surface area (Å²) >= 11 is 5.12. The van der Waals surface area contributed by atoms with Crippen LogP contribution >= 0.6 is 27.3 Å². The van der Waals surface area contributed by atoms with Crippen LogP contribution < -0.4 is 5.32 Å². The second-order valence-electron chi connectivity index (χ2n) is 5.09. The van der Waals surface area contributed by atoms with Gasteiger partial charge in [0.15, 0.2) is 0 Å². The molecule has 1 aromatic rings. The Morgan fingerprint density at radius 1 is 1.26 bits per heavy atom. The van der Waals surface area contributed by atoms with E-state index >= 15 is 0 Å². The largest absolute Gasteiger partial charge is 0.391 e. The standard InChI is InChI=1S/C13H17BrF3NS/c1-18-12(10-6-19-7-11(10)14)8-2-4-9(5-3-8)13(15,16)17/h6-9,12,18H,2-5H2,1H3. The van der Waals surface area contributed by atoms with Crippen LogP contribution in [0.2, 0.25) is 0 Å². The molecule has 1 aliphatic carbocycles. The minimum Gasteiger partial charge on any atom is -0.313 e. The minimum atomic E-state index is -4.02. The zero-order valence-electron chi connectivity index (χ0n) is 10.6. The quantitative estimate of drug-likeness (QED) is 0.791. The van der Waals surface area contributed by atoms with Crippen molar-refractivity contribution in [1.29, 1.82) is 0 Å². The lowest BCUT2D eigenvalue weighted by molar-refractivity contribution is -0.184. The Kier molecular flexibility index (Phi) is 4.95. The van der Waals surface area contributed by atoms with Crippen LogP contribution in [0.1, 0.15) is 37.3 Å². The molecule has 1 fully saturated rings. The summed E-state index contributed by atoms with van der Waals surface area (Å²) in [4.78, 5) is 0. The van der Waals surface area contributed by atoms with Crippen LogP contribution in [0.15, 0.2) is 15.2 Å². The van der Waals surface area contributed by atoms with Gasteiger partial charge in [-0.1, -0.05) is 0 Å². The maximum absolute atomic E-state index is 12.7. The molecule has 0 saturated heterocycles. The number of hydrogen-bond acceptors (Lipinski definition) is 2. The van der Waals surface area contributed by atoms with Crippen molar-refractivity contribution in [2.24, 2.45) is 11.8 Å². The summed E-state index contributed by atoms with van der Waals surface area (Å²) in [5.74, 6) is -0.818. The molecule has 0 radical (unpaired) electrons. The predicted octanol–water partition coefficient (Wildman–Crippen LogP) is 5.14. The normalized spacial score (nSPS) is 26.4. The fraction of sp³-hybridized carbons (Fsp3) is 0.692.